The number of aliphatic imine (C=N–C) groups is 1. The average molecular weight is 348 g/mol. The molecule has 138 valence electrons. The van der Waals surface area contributed by atoms with Crippen LogP contribution in [0.1, 0.15) is 38.5 Å². The number of rotatable bonds is 6. The third-order valence-corrected chi connectivity index (χ3v) is 5.40. The molecule has 2 aliphatic rings. The first-order chi connectivity index (χ1) is 12.1. The molecule has 1 aromatic rings. The van der Waals surface area contributed by atoms with Crippen LogP contribution in [0.2, 0.25) is 0 Å². The van der Waals surface area contributed by atoms with E-state index in [2.05, 4.69) is 10.5 Å². The Kier molecular flexibility index (Phi) is 5.34. The third kappa shape index (κ3) is 3.67. The van der Waals surface area contributed by atoms with Gasteiger partial charge in [0.05, 0.1) is 0 Å². The van der Waals surface area contributed by atoms with Crippen molar-refractivity contribution < 1.29 is 15.1 Å². The van der Waals surface area contributed by atoms with E-state index in [-0.39, 0.29) is 6.61 Å². The van der Waals surface area contributed by atoms with Gasteiger partial charge in [-0.05, 0) is 24.5 Å². The molecule has 2 unspecified atom stereocenters. The minimum Gasteiger partial charge on any atom is -0.489 e. The second-order valence-electron chi connectivity index (χ2n) is 7.16. The van der Waals surface area contributed by atoms with E-state index in [1.165, 1.54) is 19.3 Å². The zero-order valence-corrected chi connectivity index (χ0v) is 14.7. The summed E-state index contributed by atoms with van der Waals surface area (Å²) in [6.07, 6.45) is 5.97. The Morgan fingerprint density at radius 2 is 2.04 bits per heavy atom. The summed E-state index contributed by atoms with van der Waals surface area (Å²) in [5, 5.41) is 20.0. The summed E-state index contributed by atoms with van der Waals surface area (Å²) in [5.74, 6) is 1.37. The summed E-state index contributed by atoms with van der Waals surface area (Å²) in [7, 11) is 1.75. The Labute approximate surface area is 148 Å². The van der Waals surface area contributed by atoms with Gasteiger partial charge in [0.2, 0.25) is 0 Å². The van der Waals surface area contributed by atoms with Crippen LogP contribution >= 0.6 is 0 Å². The highest BCUT2D eigenvalue weighted by molar-refractivity contribution is 5.80. The van der Waals surface area contributed by atoms with E-state index in [0.29, 0.717) is 23.3 Å². The normalized spacial score (nSPS) is 27.2. The molecule has 1 saturated carbocycles. The zero-order chi connectivity index (χ0) is 17.9. The van der Waals surface area contributed by atoms with Crippen LogP contribution in [0.5, 0.6) is 5.75 Å². The lowest BCUT2D eigenvalue weighted by Crippen LogP contribution is -2.50. The minimum absolute atomic E-state index is 0.203. The molecule has 1 heterocycles. The van der Waals surface area contributed by atoms with E-state index in [4.69, 9.17) is 10.5 Å². The monoisotopic (exact) mass is 348 g/mol. The van der Waals surface area contributed by atoms with Crippen LogP contribution in [0.3, 0.4) is 0 Å². The summed E-state index contributed by atoms with van der Waals surface area (Å²) in [5.41, 5.74) is 7.81. The predicted octanol–water partition coefficient (Wildman–Crippen LogP) is 2.15. The van der Waals surface area contributed by atoms with E-state index in [9.17, 15) is 10.3 Å². The third-order valence-electron chi connectivity index (χ3n) is 5.40. The second-order valence-corrected chi connectivity index (χ2v) is 7.16. The number of benzene rings is 1. The molecule has 7 nitrogen and oxygen atoms in total. The molecule has 5 N–H and O–H groups in total. The van der Waals surface area contributed by atoms with Gasteiger partial charge < -0.3 is 20.5 Å². The Hall–Kier alpha value is -1.99. The number of para-hydroxylation sites is 2. The van der Waals surface area contributed by atoms with E-state index >= 15 is 0 Å². The van der Waals surface area contributed by atoms with Crippen LogP contribution < -0.4 is 16.0 Å². The number of aliphatic hydroxyl groups excluding tert-OH is 1. The predicted molar refractivity (Wildman–Crippen MR) is 96.7 cm³/mol. The summed E-state index contributed by atoms with van der Waals surface area (Å²) in [6.45, 7) is 0.203. The topological polar surface area (TPSA) is 103 Å². The fraction of sp³-hybridized carbons (Fsp3) is 0.611. The molecule has 7 heteroatoms. The number of likely N-dealkylation sites (N-methyl/N-ethyl adjacent to an activating group) is 1. The molecule has 0 aromatic heterocycles. The van der Waals surface area contributed by atoms with Crippen molar-refractivity contribution in [2.24, 2.45) is 16.6 Å². The van der Waals surface area contributed by atoms with Gasteiger partial charge in [-0.3, -0.25) is 10.7 Å². The van der Waals surface area contributed by atoms with Crippen molar-refractivity contribution >= 4 is 11.6 Å². The van der Waals surface area contributed by atoms with Crippen LogP contribution in [-0.4, -0.2) is 46.6 Å². The highest BCUT2D eigenvalue weighted by Crippen LogP contribution is 2.38. The number of nitrogens with two attached hydrogens (primary N) is 1. The maximum atomic E-state index is 10.8. The first-order valence-electron chi connectivity index (χ1n) is 8.94. The Morgan fingerprint density at radius 3 is 2.68 bits per heavy atom. The average Bonchev–Trinajstić information content (AvgIpc) is 2.85. The maximum absolute atomic E-state index is 10.8. The van der Waals surface area contributed by atoms with E-state index in [1.807, 2.05) is 6.07 Å². The van der Waals surface area contributed by atoms with Crippen LogP contribution in [0.15, 0.2) is 29.3 Å². The molecule has 25 heavy (non-hydrogen) atoms. The minimum atomic E-state index is -0.816. The van der Waals surface area contributed by atoms with Crippen molar-refractivity contribution in [3.05, 3.63) is 24.3 Å². The number of nitrogens with zero attached hydrogens (tertiary/aromatic N) is 2. The van der Waals surface area contributed by atoms with Gasteiger partial charge in [0.25, 0.3) is 0 Å². The highest BCUT2D eigenvalue weighted by Gasteiger charge is 2.48. The lowest BCUT2D eigenvalue weighted by atomic mass is 9.79. The standard InChI is InChI=1S/C18H28N4O3/c1-22-16(23)18(20-17(22)19,11-13-7-3-2-4-8-13)12-25-15-10-6-5-9-14(15)21-24/h5-6,9-10,13,16,21,23-24H,2-4,7-8,11-12H2,1H3,(H2,19,20). The second kappa shape index (κ2) is 7.49. The van der Waals surface area contributed by atoms with E-state index in [0.717, 1.165) is 19.3 Å². The van der Waals surface area contributed by atoms with Gasteiger partial charge in [-0.2, -0.15) is 0 Å². The molecule has 1 aromatic carbocycles. The smallest absolute Gasteiger partial charge is 0.193 e. The number of guanidine groups is 1. The molecule has 0 saturated heterocycles. The highest BCUT2D eigenvalue weighted by atomic mass is 16.5. The number of nitrogens with one attached hydrogen (secondary N) is 1. The number of aliphatic hydroxyl groups is 1. The van der Waals surface area contributed by atoms with E-state index in [1.54, 1.807) is 30.1 Å². The van der Waals surface area contributed by atoms with Crippen molar-refractivity contribution in [3.8, 4) is 5.75 Å². The first kappa shape index (κ1) is 17.8. The van der Waals surface area contributed by atoms with Crippen LogP contribution in [0.4, 0.5) is 5.69 Å². The number of hydrogen-bond donors (Lipinski definition) is 4. The maximum Gasteiger partial charge on any atom is 0.193 e. The molecule has 1 aliphatic heterocycles. The van der Waals surface area contributed by atoms with Gasteiger partial charge in [-0.1, -0.05) is 44.2 Å². The van der Waals surface area contributed by atoms with Crippen LogP contribution in [-0.2, 0) is 0 Å². The fourth-order valence-electron chi connectivity index (χ4n) is 3.95. The SMILES string of the molecule is CN1C(N)=NC(COc2ccccc2NO)(CC2CCCCC2)C1O. The van der Waals surface area contributed by atoms with Crippen molar-refractivity contribution in [2.75, 3.05) is 19.1 Å². The van der Waals surface area contributed by atoms with E-state index < -0.39 is 11.8 Å². The Balaban J connectivity index is 1.79. The fourth-order valence-corrected chi connectivity index (χ4v) is 3.95. The van der Waals surface area contributed by atoms with Gasteiger partial charge >= 0.3 is 0 Å². The summed E-state index contributed by atoms with van der Waals surface area (Å²) in [6, 6.07) is 7.12. The Bertz CT molecular complexity index is 618. The number of anilines is 1. The molecule has 0 radical (unpaired) electrons. The quantitative estimate of drug-likeness (QED) is 0.588. The number of ether oxygens (including phenoxy) is 1. The van der Waals surface area contributed by atoms with Gasteiger partial charge in [0.1, 0.15) is 23.6 Å². The van der Waals surface area contributed by atoms with Crippen molar-refractivity contribution in [2.45, 2.75) is 50.3 Å². The zero-order valence-electron chi connectivity index (χ0n) is 14.7. The molecule has 0 spiro atoms. The van der Waals surface area contributed by atoms with Gasteiger partial charge in [0, 0.05) is 7.05 Å². The van der Waals surface area contributed by atoms with Crippen LogP contribution in [0.25, 0.3) is 0 Å². The van der Waals surface area contributed by atoms with Crippen molar-refractivity contribution in [1.29, 1.82) is 0 Å². The van der Waals surface area contributed by atoms with Crippen LogP contribution in [0, 0.1) is 5.92 Å². The summed E-state index contributed by atoms with van der Waals surface area (Å²) < 4.78 is 5.95. The van der Waals surface area contributed by atoms with Crippen molar-refractivity contribution in [1.82, 2.24) is 4.90 Å². The molecule has 0 bridgehead atoms. The number of hydrogen-bond acceptors (Lipinski definition) is 7. The van der Waals surface area contributed by atoms with Gasteiger partial charge in [0.15, 0.2) is 12.2 Å². The van der Waals surface area contributed by atoms with Gasteiger partial charge in [-0.15, -0.1) is 0 Å². The Morgan fingerprint density at radius 1 is 1.32 bits per heavy atom. The molecule has 1 aliphatic carbocycles. The lowest BCUT2D eigenvalue weighted by Gasteiger charge is -2.36. The molecular weight excluding hydrogens is 320 g/mol. The van der Waals surface area contributed by atoms with Crippen molar-refractivity contribution in [3.63, 3.8) is 0 Å². The molecule has 3 rings (SSSR count). The molecule has 0 amide bonds. The molecule has 1 fully saturated rings. The first-order valence-corrected chi connectivity index (χ1v) is 8.94. The van der Waals surface area contributed by atoms with Gasteiger partial charge in [-0.25, -0.2) is 4.99 Å². The molecular formula is C18H28N4O3. The largest absolute Gasteiger partial charge is 0.489 e. The molecule has 2 atom stereocenters. The lowest BCUT2D eigenvalue weighted by molar-refractivity contribution is -0.0161. The summed E-state index contributed by atoms with van der Waals surface area (Å²) in [4.78, 5) is 6.21. The summed E-state index contributed by atoms with van der Waals surface area (Å²) >= 11 is 0.